The molecule has 16 aliphatic carbocycles. The number of halogens is 4. The third kappa shape index (κ3) is 14.0. The number of aryl methyl sites for hydroxylation is 1. The molecule has 17 rings (SSSR count). The van der Waals surface area contributed by atoms with Crippen LogP contribution in [-0.2, 0) is 4.79 Å². The van der Waals surface area contributed by atoms with Gasteiger partial charge < -0.3 is 20.4 Å². The van der Waals surface area contributed by atoms with E-state index < -0.39 is 6.61 Å². The van der Waals surface area contributed by atoms with E-state index in [9.17, 15) is 42.8 Å². The van der Waals surface area contributed by atoms with Crippen molar-refractivity contribution in [3.05, 3.63) is 138 Å². The molecule has 0 bridgehead atoms. The van der Waals surface area contributed by atoms with Crippen molar-refractivity contribution in [2.45, 2.75) is 316 Å². The van der Waals surface area contributed by atoms with Crippen molar-refractivity contribution in [3.8, 4) is 0 Å². The van der Waals surface area contributed by atoms with E-state index in [1.807, 2.05) is 24.3 Å². The number of carbonyl (C=O) groups is 1. The molecule has 11 saturated carbocycles. The second kappa shape index (κ2) is 30.7. The molecule has 0 aromatic heterocycles. The number of aliphatic hydroxyl groups is 4. The van der Waals surface area contributed by atoms with E-state index in [1.54, 1.807) is 26.3 Å². The van der Waals surface area contributed by atoms with E-state index in [0.29, 0.717) is 89.0 Å². The Balaban J connectivity index is 0.000000127. The summed E-state index contributed by atoms with van der Waals surface area (Å²) >= 11 is 0. The summed E-state index contributed by atoms with van der Waals surface area (Å²) in [5.74, 6) is 9.35. The molecule has 0 heterocycles. The van der Waals surface area contributed by atoms with Gasteiger partial charge in [0, 0.05) is 56.9 Å². The molecule has 0 aliphatic heterocycles. The minimum atomic E-state index is -0.440. The van der Waals surface area contributed by atoms with Gasteiger partial charge in [0.05, 0.1) is 42.1 Å². The van der Waals surface area contributed by atoms with Crippen LogP contribution in [0.5, 0.6) is 0 Å². The van der Waals surface area contributed by atoms with Crippen LogP contribution in [0.3, 0.4) is 0 Å². The molecule has 1 aromatic rings. The standard InChI is InChI=1S/C22H33FO2.C22H33FO.2C22H31FO.C7H8.Ac/c1-13-10-15-16-4-5-18(20(23)12-24)21(16,2)9-7-17(15)22(3)8-6-14(25)11-19(13)22;3*1-13-11-16-18-6-5-17(14(2)23)21(18,3)10-8-19(16)22(4)9-7-15(24)12-20(13)22;1-7-5-3-2-4-6-7;/h14-17,24-25H,4-12H2,1-3H3;15-16,18-19,24H,5-12H2,1-4H3;12,16,18-19,24H,5-11H2,1-4H3;12-13,16,18-19H,5-11H2,1-4H3;2-6H,1H3;/t;15-,16?,18?,19?,21+,22+;;13-,16?,18?,19?,21+,22+;;/m.0.0../s1. The molecular formula is C95H136AcF4O5. The fourth-order valence-corrected chi connectivity index (χ4v) is 30.0. The maximum Gasteiger partial charge on any atom is 0.155 e. The van der Waals surface area contributed by atoms with Gasteiger partial charge in [-0.05, 0) is 389 Å². The summed E-state index contributed by atoms with van der Waals surface area (Å²) in [5.41, 5.74) is 17.2. The Labute approximate surface area is 668 Å². The predicted octanol–water partition coefficient (Wildman–Crippen LogP) is 25.5. The molecule has 1 radical (unpaired) electrons. The Kier molecular flexibility index (Phi) is 23.9. The summed E-state index contributed by atoms with van der Waals surface area (Å²) in [7, 11) is 0. The summed E-state index contributed by atoms with van der Waals surface area (Å²) < 4.78 is 56.8. The van der Waals surface area contributed by atoms with Gasteiger partial charge in [0.2, 0.25) is 0 Å². The van der Waals surface area contributed by atoms with Gasteiger partial charge in [-0.2, -0.15) is 0 Å². The molecule has 17 unspecified atom stereocenters. The number of aliphatic hydroxyl groups excluding tert-OH is 4. The van der Waals surface area contributed by atoms with E-state index in [0.717, 1.165) is 176 Å². The smallest absolute Gasteiger partial charge is 0.155 e. The molecule has 11 fully saturated rings. The van der Waals surface area contributed by atoms with E-state index in [2.05, 4.69) is 108 Å². The number of rotatable bonds is 1. The molecule has 16 aliphatic rings. The molecule has 4 N–H and O–H groups in total. The molecule has 0 amide bonds. The Morgan fingerprint density at radius 3 is 1.20 bits per heavy atom. The van der Waals surface area contributed by atoms with Gasteiger partial charge in [-0.1, -0.05) is 132 Å². The van der Waals surface area contributed by atoms with Gasteiger partial charge in [0.15, 0.2) is 5.78 Å². The SMILES string of the molecule is CC(F)=C1CCC2C3CC(C)=C4C=C(O)CCC4(C)C3CCC12C.CC(F)=C1CCC2C3CC(C)=C4C[C@@H](O)CC[C@]4(C)C3CC[C@]12C.CC(F)=C1CCC2C3C[C@H](C)C4=CC(=O)CC[C@]4(C)C3CC[C@]12C.CC1=C2CC(O)CCC2(C)C2CCC3(C)C(=C(F)CO)CCC3C2C1.Cc1ccccc1.[Ac]. The first-order chi connectivity index (χ1) is 49.0. The predicted molar refractivity (Wildman–Crippen MR) is 416 cm³/mol. The molecule has 0 saturated heterocycles. The normalized spacial score (nSPS) is 45.8. The second-order valence-corrected chi connectivity index (χ2v) is 39.8. The first kappa shape index (κ1) is 81.9. The molecule has 10 heteroatoms. The maximum atomic E-state index is 14.3. The topological polar surface area (TPSA) is 98.0 Å². The van der Waals surface area contributed by atoms with Crippen LogP contribution in [0.1, 0.15) is 302 Å². The number of fused-ring (bicyclic) bond motifs is 20. The Bertz CT molecular complexity index is 3780. The molecular weight excluding hydrogens is 1520 g/mol. The van der Waals surface area contributed by atoms with Crippen LogP contribution >= 0.6 is 0 Å². The summed E-state index contributed by atoms with van der Waals surface area (Å²) in [6.45, 7) is 34.8. The van der Waals surface area contributed by atoms with Gasteiger partial charge in [0.1, 0.15) is 5.83 Å². The third-order valence-corrected chi connectivity index (χ3v) is 35.0. The average Bonchev–Trinajstić information content (AvgIpc) is 1.71. The van der Waals surface area contributed by atoms with Gasteiger partial charge in [-0.25, -0.2) is 17.6 Å². The number of hydrogen-bond acceptors (Lipinski definition) is 5. The molecule has 0 spiro atoms. The van der Waals surface area contributed by atoms with Crippen LogP contribution in [0.2, 0.25) is 0 Å². The van der Waals surface area contributed by atoms with Crippen molar-refractivity contribution in [1.29, 1.82) is 0 Å². The number of benzene rings is 1. The Morgan fingerprint density at radius 2 is 0.790 bits per heavy atom. The molecule has 1 aromatic carbocycles. The monoisotopic (exact) mass is 1660 g/mol. The summed E-state index contributed by atoms with van der Waals surface area (Å²) in [4.78, 5) is 12.0. The van der Waals surface area contributed by atoms with Crippen LogP contribution in [0, 0.1) is 171 Å². The fourth-order valence-electron chi connectivity index (χ4n) is 30.0. The zero-order valence-corrected chi connectivity index (χ0v) is 72.7. The first-order valence-electron chi connectivity index (χ1n) is 42.2. The summed E-state index contributed by atoms with van der Waals surface area (Å²) in [6, 6.07) is 10.3. The molecule has 5 nitrogen and oxygen atoms in total. The average molecular weight is 1660 g/mol. The number of ketones is 1. The van der Waals surface area contributed by atoms with E-state index in [-0.39, 0.29) is 123 Å². The van der Waals surface area contributed by atoms with Crippen LogP contribution in [0.4, 0.5) is 17.6 Å². The largest absolute Gasteiger partial charge is 0.512 e. The van der Waals surface area contributed by atoms with Crippen LogP contribution in [-0.4, -0.2) is 45.0 Å². The minimum absolute atomic E-state index is 0. The molecule has 577 valence electrons. The zero-order valence-electron chi connectivity index (χ0n) is 67.9. The second-order valence-electron chi connectivity index (χ2n) is 39.8. The molecule has 23 atom stereocenters. The number of allylic oxidation sites excluding steroid dienone is 14. The maximum absolute atomic E-state index is 14.3. The van der Waals surface area contributed by atoms with Crippen molar-refractivity contribution in [2.24, 2.45) is 120 Å². The van der Waals surface area contributed by atoms with Crippen LogP contribution < -0.4 is 0 Å². The third-order valence-electron chi connectivity index (χ3n) is 35.0. The summed E-state index contributed by atoms with van der Waals surface area (Å²) in [5, 5.41) is 39.7. The Hall–Kier alpha value is -2.61. The van der Waals surface area contributed by atoms with E-state index in [4.69, 9.17) is 0 Å². The van der Waals surface area contributed by atoms with Crippen molar-refractivity contribution in [2.75, 3.05) is 6.61 Å². The van der Waals surface area contributed by atoms with E-state index in [1.165, 1.54) is 77.5 Å². The minimum Gasteiger partial charge on any atom is -0.512 e. The molecule has 105 heavy (non-hydrogen) atoms. The van der Waals surface area contributed by atoms with Gasteiger partial charge in [-0.15, -0.1) is 0 Å². The van der Waals surface area contributed by atoms with Crippen molar-refractivity contribution in [1.82, 2.24) is 0 Å². The van der Waals surface area contributed by atoms with Crippen LogP contribution in [0.25, 0.3) is 0 Å². The number of carbonyl (C=O) groups excluding carboxylic acids is 1. The van der Waals surface area contributed by atoms with Crippen LogP contribution in [0.15, 0.2) is 133 Å². The van der Waals surface area contributed by atoms with Gasteiger partial charge in [0.25, 0.3) is 0 Å². The number of hydrogen-bond donors (Lipinski definition) is 4. The fraction of sp³-hybridized carbons (Fsp3) is 0.737. The van der Waals surface area contributed by atoms with Crippen molar-refractivity contribution >= 4 is 5.78 Å². The quantitative estimate of drug-likeness (QED) is 0.166. The zero-order chi connectivity index (χ0) is 74.9. The Morgan fingerprint density at radius 1 is 0.429 bits per heavy atom. The van der Waals surface area contributed by atoms with Crippen molar-refractivity contribution < 1.29 is 86.8 Å². The van der Waals surface area contributed by atoms with Crippen molar-refractivity contribution in [3.63, 3.8) is 0 Å². The van der Waals surface area contributed by atoms with Gasteiger partial charge in [-0.3, -0.25) is 4.79 Å². The summed E-state index contributed by atoms with van der Waals surface area (Å²) in [6.07, 6.45) is 35.4. The van der Waals surface area contributed by atoms with Gasteiger partial charge >= 0.3 is 0 Å². The van der Waals surface area contributed by atoms with E-state index >= 15 is 0 Å². The first-order valence-corrected chi connectivity index (χ1v) is 42.2.